The van der Waals surface area contributed by atoms with Crippen LogP contribution >= 0.6 is 0 Å². The first kappa shape index (κ1) is 14.5. The summed E-state index contributed by atoms with van der Waals surface area (Å²) in [6.07, 6.45) is 3.67. The summed E-state index contributed by atoms with van der Waals surface area (Å²) in [6, 6.07) is 9.96. The number of rotatable bonds is 5. The number of nitrogens with one attached hydrogen (secondary N) is 1. The van der Waals surface area contributed by atoms with Crippen molar-refractivity contribution in [1.29, 1.82) is 0 Å². The van der Waals surface area contributed by atoms with Crippen LogP contribution in [0.15, 0.2) is 24.3 Å². The third kappa shape index (κ3) is 4.05. The van der Waals surface area contributed by atoms with Gasteiger partial charge in [-0.05, 0) is 43.4 Å². The van der Waals surface area contributed by atoms with Crippen molar-refractivity contribution in [3.05, 3.63) is 35.4 Å². The number of hydrogen-bond donors (Lipinski definition) is 1. The zero-order valence-corrected chi connectivity index (χ0v) is 12.7. The molecule has 19 heavy (non-hydrogen) atoms. The van der Waals surface area contributed by atoms with Gasteiger partial charge in [-0.3, -0.25) is 0 Å². The van der Waals surface area contributed by atoms with E-state index in [0.29, 0.717) is 12.0 Å². The topological polar surface area (TPSA) is 15.3 Å². The highest BCUT2D eigenvalue weighted by molar-refractivity contribution is 5.25. The molecule has 0 bridgehead atoms. The second-order valence-corrected chi connectivity index (χ2v) is 5.93. The van der Waals surface area contributed by atoms with Gasteiger partial charge in [-0.1, -0.05) is 38.1 Å². The third-order valence-electron chi connectivity index (χ3n) is 4.57. The first-order valence-corrected chi connectivity index (χ1v) is 7.70. The molecule has 1 saturated heterocycles. The Morgan fingerprint density at radius 3 is 2.68 bits per heavy atom. The van der Waals surface area contributed by atoms with Crippen LogP contribution in [0.4, 0.5) is 0 Å². The Bertz CT molecular complexity index is 371. The molecular formula is C17H28N2. The molecule has 1 aliphatic heterocycles. The van der Waals surface area contributed by atoms with E-state index in [1.54, 1.807) is 0 Å². The Kier molecular flexibility index (Phi) is 5.41. The number of piperazine rings is 1. The molecule has 1 aromatic rings. The zero-order chi connectivity index (χ0) is 13.7. The molecule has 1 N–H and O–H groups in total. The Hall–Kier alpha value is -0.860. The van der Waals surface area contributed by atoms with E-state index in [1.165, 1.54) is 36.9 Å². The van der Waals surface area contributed by atoms with E-state index in [4.69, 9.17) is 0 Å². The summed E-state index contributed by atoms with van der Waals surface area (Å²) in [5, 5.41) is 3.49. The molecule has 2 unspecified atom stereocenters. The molecule has 1 heterocycles. The Morgan fingerprint density at radius 1 is 1.32 bits per heavy atom. The van der Waals surface area contributed by atoms with Crippen LogP contribution in [0.5, 0.6) is 0 Å². The van der Waals surface area contributed by atoms with Crippen LogP contribution in [0, 0.1) is 0 Å². The van der Waals surface area contributed by atoms with E-state index in [9.17, 15) is 0 Å². The molecule has 0 aromatic heterocycles. The summed E-state index contributed by atoms with van der Waals surface area (Å²) in [5.41, 5.74) is 2.95. The lowest BCUT2D eigenvalue weighted by Gasteiger charge is -2.33. The smallest absolute Gasteiger partial charge is 0.0221 e. The van der Waals surface area contributed by atoms with Crippen molar-refractivity contribution in [2.75, 3.05) is 26.7 Å². The zero-order valence-electron chi connectivity index (χ0n) is 12.7. The van der Waals surface area contributed by atoms with Crippen LogP contribution in [0.2, 0.25) is 0 Å². The van der Waals surface area contributed by atoms with Gasteiger partial charge in [-0.15, -0.1) is 0 Å². The van der Waals surface area contributed by atoms with Crippen molar-refractivity contribution >= 4 is 0 Å². The lowest BCUT2D eigenvalue weighted by atomic mass is 9.96. The lowest BCUT2D eigenvalue weighted by Crippen LogP contribution is -2.49. The SMILES string of the molecule is CCC(C)c1ccc(CCC2CNCCN2C)cc1. The molecule has 1 aromatic carbocycles. The van der Waals surface area contributed by atoms with E-state index >= 15 is 0 Å². The molecule has 0 amide bonds. The second kappa shape index (κ2) is 7.06. The van der Waals surface area contributed by atoms with Crippen molar-refractivity contribution in [2.45, 2.75) is 45.1 Å². The van der Waals surface area contributed by atoms with Gasteiger partial charge in [0.15, 0.2) is 0 Å². The quantitative estimate of drug-likeness (QED) is 0.875. The third-order valence-corrected chi connectivity index (χ3v) is 4.57. The van der Waals surface area contributed by atoms with Crippen molar-refractivity contribution in [3.63, 3.8) is 0 Å². The van der Waals surface area contributed by atoms with E-state index in [0.717, 1.165) is 13.1 Å². The summed E-state index contributed by atoms with van der Waals surface area (Å²) in [6.45, 7) is 8.01. The summed E-state index contributed by atoms with van der Waals surface area (Å²) in [5.74, 6) is 0.683. The molecule has 2 rings (SSSR count). The maximum atomic E-state index is 3.49. The molecule has 2 heteroatoms. The van der Waals surface area contributed by atoms with Gasteiger partial charge in [0, 0.05) is 25.7 Å². The molecule has 0 spiro atoms. The Morgan fingerprint density at radius 2 is 2.05 bits per heavy atom. The minimum absolute atomic E-state index is 0.683. The summed E-state index contributed by atoms with van der Waals surface area (Å²) in [4.78, 5) is 2.49. The van der Waals surface area contributed by atoms with Gasteiger partial charge in [-0.25, -0.2) is 0 Å². The van der Waals surface area contributed by atoms with Crippen LogP contribution in [0.3, 0.4) is 0 Å². The van der Waals surface area contributed by atoms with Crippen LogP contribution in [0.25, 0.3) is 0 Å². The number of likely N-dealkylation sites (N-methyl/N-ethyl adjacent to an activating group) is 1. The highest BCUT2D eigenvalue weighted by Gasteiger charge is 2.17. The molecule has 106 valence electrons. The van der Waals surface area contributed by atoms with E-state index in [-0.39, 0.29) is 0 Å². The van der Waals surface area contributed by atoms with E-state index in [1.807, 2.05) is 0 Å². The van der Waals surface area contributed by atoms with Crippen LogP contribution in [-0.4, -0.2) is 37.6 Å². The average molecular weight is 260 g/mol. The minimum atomic E-state index is 0.683. The standard InChI is InChI=1S/C17H28N2/c1-4-14(2)16-8-5-15(6-9-16)7-10-17-13-18-11-12-19(17)3/h5-6,8-9,14,17-18H,4,7,10-13H2,1-3H3. The molecular weight excluding hydrogens is 232 g/mol. The summed E-state index contributed by atoms with van der Waals surface area (Å²) < 4.78 is 0. The first-order valence-electron chi connectivity index (χ1n) is 7.70. The number of nitrogens with zero attached hydrogens (tertiary/aromatic N) is 1. The van der Waals surface area contributed by atoms with Gasteiger partial charge in [-0.2, -0.15) is 0 Å². The maximum absolute atomic E-state index is 3.49. The molecule has 0 aliphatic carbocycles. The Balaban J connectivity index is 1.85. The predicted molar refractivity (Wildman–Crippen MR) is 82.8 cm³/mol. The first-order chi connectivity index (χ1) is 9.20. The molecule has 1 fully saturated rings. The maximum Gasteiger partial charge on any atom is 0.0221 e. The van der Waals surface area contributed by atoms with Gasteiger partial charge in [0.05, 0.1) is 0 Å². The highest BCUT2D eigenvalue weighted by atomic mass is 15.2. The monoisotopic (exact) mass is 260 g/mol. The Labute approximate surface area is 118 Å². The van der Waals surface area contributed by atoms with Crippen molar-refractivity contribution in [3.8, 4) is 0 Å². The van der Waals surface area contributed by atoms with Gasteiger partial charge in [0.1, 0.15) is 0 Å². The molecule has 2 atom stereocenters. The largest absolute Gasteiger partial charge is 0.314 e. The van der Waals surface area contributed by atoms with Crippen LogP contribution < -0.4 is 5.32 Å². The summed E-state index contributed by atoms with van der Waals surface area (Å²) >= 11 is 0. The highest BCUT2D eigenvalue weighted by Crippen LogP contribution is 2.19. The van der Waals surface area contributed by atoms with Gasteiger partial charge < -0.3 is 10.2 Å². The normalized spacial score (nSPS) is 22.4. The van der Waals surface area contributed by atoms with Crippen LogP contribution in [0.1, 0.15) is 43.7 Å². The fraction of sp³-hybridized carbons (Fsp3) is 0.647. The van der Waals surface area contributed by atoms with Crippen molar-refractivity contribution in [2.24, 2.45) is 0 Å². The predicted octanol–water partition coefficient (Wildman–Crippen LogP) is 3.04. The number of benzene rings is 1. The second-order valence-electron chi connectivity index (χ2n) is 5.93. The van der Waals surface area contributed by atoms with E-state index in [2.05, 4.69) is 55.4 Å². The fourth-order valence-corrected chi connectivity index (χ4v) is 2.77. The molecule has 0 radical (unpaired) electrons. The summed E-state index contributed by atoms with van der Waals surface area (Å²) in [7, 11) is 2.25. The minimum Gasteiger partial charge on any atom is -0.314 e. The van der Waals surface area contributed by atoms with Gasteiger partial charge >= 0.3 is 0 Å². The van der Waals surface area contributed by atoms with Gasteiger partial charge in [0.25, 0.3) is 0 Å². The number of hydrogen-bond acceptors (Lipinski definition) is 2. The molecule has 2 nitrogen and oxygen atoms in total. The number of aryl methyl sites for hydroxylation is 1. The average Bonchev–Trinajstić information content (AvgIpc) is 2.46. The van der Waals surface area contributed by atoms with Crippen LogP contribution in [-0.2, 0) is 6.42 Å². The van der Waals surface area contributed by atoms with E-state index < -0.39 is 0 Å². The fourth-order valence-electron chi connectivity index (χ4n) is 2.77. The lowest BCUT2D eigenvalue weighted by molar-refractivity contribution is 0.191. The molecule has 0 saturated carbocycles. The van der Waals surface area contributed by atoms with Gasteiger partial charge in [0.2, 0.25) is 0 Å². The molecule has 1 aliphatic rings. The van der Waals surface area contributed by atoms with Crippen molar-refractivity contribution in [1.82, 2.24) is 10.2 Å². The van der Waals surface area contributed by atoms with Crippen molar-refractivity contribution < 1.29 is 0 Å².